The molecule has 0 N–H and O–H groups in total. The van der Waals surface area contributed by atoms with Crippen molar-refractivity contribution in [1.82, 2.24) is 0 Å². The van der Waals surface area contributed by atoms with Crippen LogP contribution >= 0.6 is 0 Å². The van der Waals surface area contributed by atoms with E-state index in [-0.39, 0.29) is 23.6 Å². The zero-order valence-electron chi connectivity index (χ0n) is 19.6. The average molecular weight is 463 g/mol. The Labute approximate surface area is 199 Å². The van der Waals surface area contributed by atoms with Crippen LogP contribution in [0.3, 0.4) is 0 Å². The fourth-order valence-electron chi connectivity index (χ4n) is 4.26. The Morgan fingerprint density at radius 1 is 0.882 bits per heavy atom. The predicted octanol–water partition coefficient (Wildman–Crippen LogP) is 8.73. The van der Waals surface area contributed by atoms with Crippen molar-refractivity contribution in [3.63, 3.8) is 0 Å². The van der Waals surface area contributed by atoms with Gasteiger partial charge in [0.1, 0.15) is 5.82 Å². The van der Waals surface area contributed by atoms with Crippen molar-refractivity contribution in [3.05, 3.63) is 101 Å². The summed E-state index contributed by atoms with van der Waals surface area (Å²) in [6.45, 7) is 4.44. The van der Waals surface area contributed by atoms with Gasteiger partial charge in [0.25, 0.3) is 0 Å². The number of hydrogen-bond donors (Lipinski definition) is 0. The lowest BCUT2D eigenvalue weighted by Crippen LogP contribution is -2.01. The Morgan fingerprint density at radius 2 is 1.56 bits per heavy atom. The highest BCUT2D eigenvalue weighted by atomic mass is 19.2. The van der Waals surface area contributed by atoms with Gasteiger partial charge in [-0.05, 0) is 60.4 Å². The van der Waals surface area contributed by atoms with Gasteiger partial charge in [0, 0.05) is 16.7 Å². The van der Waals surface area contributed by atoms with Crippen LogP contribution in [0.15, 0.2) is 72.8 Å². The van der Waals surface area contributed by atoms with Crippen LogP contribution in [0.5, 0.6) is 0 Å². The van der Waals surface area contributed by atoms with Crippen molar-refractivity contribution in [2.45, 2.75) is 39.7 Å². The molecule has 1 unspecified atom stereocenters. The largest absolute Gasteiger partial charge is 0.373 e. The van der Waals surface area contributed by atoms with Gasteiger partial charge in [-0.1, -0.05) is 73.7 Å². The van der Waals surface area contributed by atoms with E-state index in [1.807, 2.05) is 19.1 Å². The Balaban J connectivity index is 1.53. The molecule has 1 aliphatic carbocycles. The normalized spacial score (nSPS) is 16.1. The van der Waals surface area contributed by atoms with Gasteiger partial charge in [-0.3, -0.25) is 0 Å². The quantitative estimate of drug-likeness (QED) is 0.252. The molecule has 0 saturated heterocycles. The third kappa shape index (κ3) is 5.34. The van der Waals surface area contributed by atoms with E-state index in [0.717, 1.165) is 24.8 Å². The summed E-state index contributed by atoms with van der Waals surface area (Å²) in [6, 6.07) is 15.3. The molecular formula is C30H29F3O. The van der Waals surface area contributed by atoms with E-state index in [1.165, 1.54) is 11.6 Å². The molecule has 0 aliphatic heterocycles. The molecule has 4 heteroatoms. The number of allylic oxidation sites excluding steroid dienone is 3. The van der Waals surface area contributed by atoms with Gasteiger partial charge in [0.2, 0.25) is 0 Å². The molecule has 176 valence electrons. The fourth-order valence-corrected chi connectivity index (χ4v) is 4.26. The summed E-state index contributed by atoms with van der Waals surface area (Å²) < 4.78 is 49.6. The predicted molar refractivity (Wildman–Crippen MR) is 133 cm³/mol. The minimum absolute atomic E-state index is 0.00247. The first-order valence-corrected chi connectivity index (χ1v) is 11.7. The third-order valence-electron chi connectivity index (χ3n) is 6.39. The zero-order chi connectivity index (χ0) is 24.1. The highest BCUT2D eigenvalue weighted by Gasteiger charge is 2.16. The minimum atomic E-state index is -0.912. The third-order valence-corrected chi connectivity index (χ3v) is 6.39. The Bertz CT molecular complexity index is 1210. The number of hydrogen-bond acceptors (Lipinski definition) is 1. The van der Waals surface area contributed by atoms with Gasteiger partial charge in [-0.25, -0.2) is 13.2 Å². The van der Waals surface area contributed by atoms with E-state index in [0.29, 0.717) is 29.2 Å². The monoisotopic (exact) mass is 462 g/mol. The van der Waals surface area contributed by atoms with Crippen LogP contribution in [0, 0.1) is 23.4 Å². The molecule has 4 rings (SSSR count). The Kier molecular flexibility index (Phi) is 7.69. The van der Waals surface area contributed by atoms with Crippen LogP contribution in [-0.2, 0) is 11.3 Å². The Hall–Kier alpha value is -3.11. The zero-order valence-corrected chi connectivity index (χ0v) is 19.6. The topological polar surface area (TPSA) is 9.23 Å². The van der Waals surface area contributed by atoms with Crippen molar-refractivity contribution >= 4 is 5.57 Å². The van der Waals surface area contributed by atoms with Crippen molar-refractivity contribution in [1.29, 1.82) is 0 Å². The smallest absolute Gasteiger partial charge is 0.167 e. The summed E-state index contributed by atoms with van der Waals surface area (Å²) in [5.74, 6) is -1.43. The molecule has 0 amide bonds. The number of ether oxygens (including phenoxy) is 1. The van der Waals surface area contributed by atoms with Crippen LogP contribution in [-0.4, -0.2) is 6.61 Å². The number of benzene rings is 3. The van der Waals surface area contributed by atoms with Crippen LogP contribution in [0.1, 0.15) is 44.2 Å². The fraction of sp³-hybridized carbons (Fsp3) is 0.267. The van der Waals surface area contributed by atoms with Crippen molar-refractivity contribution < 1.29 is 17.9 Å². The lowest BCUT2D eigenvalue weighted by Gasteiger charge is -2.19. The lowest BCUT2D eigenvalue weighted by molar-refractivity contribution is 0.145. The summed E-state index contributed by atoms with van der Waals surface area (Å²) in [7, 11) is 0. The number of halogens is 3. The molecule has 0 heterocycles. The standard InChI is InChI=1S/C30H29F3O/c1-3-4-17-34-19-25-14-16-27(30(33)29(25)32)23-11-9-22(10-12-23)26-15-13-24(18-28(26)31)21-7-5-20(2)6-8-21/h3-4,7,9-16,18,20H,5-6,8,17,19H2,1-2H3/b4-3-. The molecule has 1 nitrogen and oxygen atoms in total. The van der Waals surface area contributed by atoms with E-state index in [4.69, 9.17) is 4.74 Å². The van der Waals surface area contributed by atoms with Crippen LogP contribution in [0.25, 0.3) is 27.8 Å². The van der Waals surface area contributed by atoms with E-state index < -0.39 is 11.6 Å². The maximum absolute atomic E-state index is 14.9. The van der Waals surface area contributed by atoms with Gasteiger partial charge in [-0.2, -0.15) is 0 Å². The molecule has 1 atom stereocenters. The minimum Gasteiger partial charge on any atom is -0.373 e. The van der Waals surface area contributed by atoms with E-state index in [9.17, 15) is 13.2 Å². The van der Waals surface area contributed by atoms with Crippen LogP contribution in [0.2, 0.25) is 0 Å². The maximum atomic E-state index is 14.9. The first-order chi connectivity index (χ1) is 16.5. The second-order valence-corrected chi connectivity index (χ2v) is 8.87. The molecule has 3 aromatic rings. The molecule has 0 bridgehead atoms. The summed E-state index contributed by atoms with van der Waals surface area (Å²) in [4.78, 5) is 0. The molecule has 1 aliphatic rings. The van der Waals surface area contributed by atoms with Gasteiger partial charge in [0.05, 0.1) is 13.2 Å². The molecule has 0 aromatic heterocycles. The molecule has 0 fully saturated rings. The van der Waals surface area contributed by atoms with Crippen LogP contribution < -0.4 is 0 Å². The summed E-state index contributed by atoms with van der Waals surface area (Å²) in [5, 5.41) is 0. The molecule has 0 spiro atoms. The average Bonchev–Trinajstić information content (AvgIpc) is 2.85. The van der Waals surface area contributed by atoms with Crippen molar-refractivity contribution in [2.75, 3.05) is 6.61 Å². The molecule has 0 saturated carbocycles. The maximum Gasteiger partial charge on any atom is 0.167 e. The van der Waals surface area contributed by atoms with Crippen molar-refractivity contribution in [2.24, 2.45) is 5.92 Å². The second kappa shape index (κ2) is 10.9. The number of rotatable bonds is 7. The highest BCUT2D eigenvalue weighted by Crippen LogP contribution is 2.34. The van der Waals surface area contributed by atoms with Crippen molar-refractivity contribution in [3.8, 4) is 22.3 Å². The Morgan fingerprint density at radius 3 is 2.21 bits per heavy atom. The van der Waals surface area contributed by atoms with Gasteiger partial charge in [0.15, 0.2) is 11.6 Å². The van der Waals surface area contributed by atoms with Crippen LogP contribution in [0.4, 0.5) is 13.2 Å². The molecular weight excluding hydrogens is 433 g/mol. The molecule has 34 heavy (non-hydrogen) atoms. The highest BCUT2D eigenvalue weighted by molar-refractivity contribution is 5.74. The summed E-state index contributed by atoms with van der Waals surface area (Å²) >= 11 is 0. The SMILES string of the molecule is C/C=C\COCc1ccc(-c2ccc(-c3ccc(C4=CCC(C)CC4)cc3F)cc2)c(F)c1F. The van der Waals surface area contributed by atoms with Gasteiger partial charge in [-0.15, -0.1) is 0 Å². The van der Waals surface area contributed by atoms with Gasteiger partial charge < -0.3 is 4.74 Å². The van der Waals surface area contributed by atoms with E-state index in [1.54, 1.807) is 48.5 Å². The summed E-state index contributed by atoms with van der Waals surface area (Å²) in [5.41, 5.74) is 4.17. The van der Waals surface area contributed by atoms with E-state index >= 15 is 0 Å². The molecule has 0 radical (unpaired) electrons. The van der Waals surface area contributed by atoms with E-state index in [2.05, 4.69) is 13.0 Å². The first kappa shape index (κ1) is 24.0. The second-order valence-electron chi connectivity index (χ2n) is 8.87. The molecule has 3 aromatic carbocycles. The lowest BCUT2D eigenvalue weighted by atomic mass is 9.87. The first-order valence-electron chi connectivity index (χ1n) is 11.7. The van der Waals surface area contributed by atoms with Gasteiger partial charge >= 0.3 is 0 Å². The summed E-state index contributed by atoms with van der Waals surface area (Å²) in [6.07, 6.45) is 8.97.